The maximum absolute atomic E-state index is 12.3. The molecule has 0 amide bonds. The second-order valence-corrected chi connectivity index (χ2v) is 7.78. The van der Waals surface area contributed by atoms with E-state index in [4.69, 9.17) is 9.52 Å². The largest absolute Gasteiger partial charge is 0.480 e. The first kappa shape index (κ1) is 17.6. The molecule has 0 spiro atoms. The van der Waals surface area contributed by atoms with Crippen LogP contribution in [0.5, 0.6) is 0 Å². The fourth-order valence-corrected chi connectivity index (χ4v) is 3.86. The Morgan fingerprint density at radius 3 is 2.87 bits per heavy atom. The quantitative estimate of drug-likeness (QED) is 0.599. The number of thioether (sulfide) groups is 1. The highest BCUT2D eigenvalue weighted by Gasteiger charge is 2.25. The first-order valence-electron chi connectivity index (χ1n) is 6.79. The lowest BCUT2D eigenvalue weighted by Gasteiger charge is -2.14. The zero-order chi connectivity index (χ0) is 17.0. The number of fused-ring (bicyclic) bond motifs is 1. The van der Waals surface area contributed by atoms with Crippen LogP contribution in [0.1, 0.15) is 13.3 Å². The van der Waals surface area contributed by atoms with Crippen molar-refractivity contribution in [2.45, 2.75) is 24.3 Å². The summed E-state index contributed by atoms with van der Waals surface area (Å²) in [5.41, 5.74) is 0.453. The highest BCUT2D eigenvalue weighted by atomic mass is 32.2. The van der Waals surface area contributed by atoms with Gasteiger partial charge < -0.3 is 9.52 Å². The molecule has 0 bridgehead atoms. The van der Waals surface area contributed by atoms with Crippen molar-refractivity contribution >= 4 is 38.9 Å². The summed E-state index contributed by atoms with van der Waals surface area (Å²) in [6.07, 6.45) is 0.175. The Labute approximate surface area is 136 Å². The molecule has 2 aromatic rings. The van der Waals surface area contributed by atoms with Gasteiger partial charge in [0.05, 0.1) is 10.4 Å². The molecule has 0 fully saturated rings. The highest BCUT2D eigenvalue weighted by Crippen LogP contribution is 2.17. The third-order valence-electron chi connectivity index (χ3n) is 3.05. The molecule has 8 nitrogen and oxygen atoms in total. The lowest BCUT2D eigenvalue weighted by molar-refractivity contribution is -0.139. The van der Waals surface area contributed by atoms with E-state index < -0.39 is 27.8 Å². The summed E-state index contributed by atoms with van der Waals surface area (Å²) in [5, 5.41) is 9.16. The van der Waals surface area contributed by atoms with Crippen molar-refractivity contribution in [2.24, 2.45) is 0 Å². The van der Waals surface area contributed by atoms with Crippen LogP contribution < -0.4 is 10.5 Å². The van der Waals surface area contributed by atoms with Gasteiger partial charge in [0.15, 0.2) is 5.58 Å². The number of carboxylic acid groups (broad SMARTS) is 1. The first-order chi connectivity index (χ1) is 10.8. The van der Waals surface area contributed by atoms with Gasteiger partial charge in [0, 0.05) is 6.07 Å². The number of hydrogen-bond donors (Lipinski definition) is 3. The van der Waals surface area contributed by atoms with Crippen LogP contribution in [-0.2, 0) is 14.8 Å². The zero-order valence-corrected chi connectivity index (χ0v) is 13.9. The monoisotopic (exact) mass is 360 g/mol. The van der Waals surface area contributed by atoms with E-state index in [9.17, 15) is 18.0 Å². The molecule has 1 unspecified atom stereocenters. The molecule has 0 saturated carbocycles. The zero-order valence-electron chi connectivity index (χ0n) is 12.2. The van der Waals surface area contributed by atoms with Crippen molar-refractivity contribution in [1.29, 1.82) is 0 Å². The van der Waals surface area contributed by atoms with Gasteiger partial charge in [-0.3, -0.25) is 9.78 Å². The van der Waals surface area contributed by atoms with Gasteiger partial charge in [0.1, 0.15) is 6.04 Å². The fourth-order valence-electron chi connectivity index (χ4n) is 1.93. The van der Waals surface area contributed by atoms with Crippen LogP contribution in [0.2, 0.25) is 0 Å². The van der Waals surface area contributed by atoms with E-state index >= 15 is 0 Å². The molecule has 1 atom stereocenters. The van der Waals surface area contributed by atoms with E-state index in [1.165, 1.54) is 30.0 Å². The van der Waals surface area contributed by atoms with E-state index in [1.807, 2.05) is 6.92 Å². The molecular weight excluding hydrogens is 344 g/mol. The molecular formula is C13H16N2O6S2. The van der Waals surface area contributed by atoms with E-state index in [0.717, 1.165) is 5.75 Å². The summed E-state index contributed by atoms with van der Waals surface area (Å²) in [6, 6.07) is 2.62. The number of hydrogen-bond acceptors (Lipinski definition) is 6. The van der Waals surface area contributed by atoms with Crippen molar-refractivity contribution < 1.29 is 22.7 Å². The minimum Gasteiger partial charge on any atom is -0.480 e. The number of rotatable bonds is 8. The molecule has 0 aliphatic carbocycles. The topological polar surface area (TPSA) is 129 Å². The molecule has 1 heterocycles. The summed E-state index contributed by atoms with van der Waals surface area (Å²) in [5.74, 6) is -0.577. The molecule has 2 rings (SSSR count). The van der Waals surface area contributed by atoms with Crippen LogP contribution >= 0.6 is 11.8 Å². The van der Waals surface area contributed by atoms with Gasteiger partial charge in [0.25, 0.3) is 0 Å². The Morgan fingerprint density at radius 1 is 1.48 bits per heavy atom. The SMILES string of the molecule is CCSCCC(NS(=O)(=O)c1ccc2[nH]c(=O)oc2c1)C(=O)O. The summed E-state index contributed by atoms with van der Waals surface area (Å²) in [4.78, 5) is 24.5. The molecule has 0 radical (unpaired) electrons. The lowest BCUT2D eigenvalue weighted by atomic mass is 10.2. The molecule has 0 saturated heterocycles. The van der Waals surface area contributed by atoms with Crippen molar-refractivity contribution in [3.8, 4) is 0 Å². The number of aromatic amines is 1. The number of sulfonamides is 1. The average Bonchev–Trinajstić information content (AvgIpc) is 2.85. The molecule has 23 heavy (non-hydrogen) atoms. The third-order valence-corrected chi connectivity index (χ3v) is 5.46. The van der Waals surface area contributed by atoms with E-state index in [0.29, 0.717) is 11.3 Å². The van der Waals surface area contributed by atoms with E-state index in [2.05, 4.69) is 9.71 Å². The van der Waals surface area contributed by atoms with Crippen LogP contribution in [0.15, 0.2) is 32.3 Å². The van der Waals surface area contributed by atoms with Gasteiger partial charge in [-0.1, -0.05) is 6.92 Å². The first-order valence-corrected chi connectivity index (χ1v) is 9.43. The Kier molecular flexibility index (Phi) is 5.50. The third kappa shape index (κ3) is 4.36. The van der Waals surface area contributed by atoms with Crippen LogP contribution in [-0.4, -0.2) is 42.0 Å². The summed E-state index contributed by atoms with van der Waals surface area (Å²) in [7, 11) is -4.04. The van der Waals surface area contributed by atoms with Gasteiger partial charge in [-0.25, -0.2) is 13.2 Å². The maximum atomic E-state index is 12.3. The number of aromatic nitrogens is 1. The molecule has 10 heteroatoms. The Morgan fingerprint density at radius 2 is 2.22 bits per heavy atom. The smallest absolute Gasteiger partial charge is 0.417 e. The second-order valence-electron chi connectivity index (χ2n) is 4.67. The summed E-state index contributed by atoms with van der Waals surface area (Å²) < 4.78 is 31.6. The normalized spacial score (nSPS) is 13.3. The molecule has 1 aromatic heterocycles. The molecule has 3 N–H and O–H groups in total. The molecule has 0 aliphatic rings. The summed E-state index contributed by atoms with van der Waals surface area (Å²) in [6.45, 7) is 1.94. The number of oxazole rings is 1. The van der Waals surface area contributed by atoms with E-state index in [1.54, 1.807) is 0 Å². The van der Waals surface area contributed by atoms with Crippen molar-refractivity contribution in [3.05, 3.63) is 28.7 Å². The van der Waals surface area contributed by atoms with Gasteiger partial charge in [-0.05, 0) is 30.1 Å². The van der Waals surface area contributed by atoms with Crippen LogP contribution in [0.4, 0.5) is 0 Å². The van der Waals surface area contributed by atoms with Gasteiger partial charge in [-0.15, -0.1) is 0 Å². The molecule has 126 valence electrons. The van der Waals surface area contributed by atoms with E-state index in [-0.39, 0.29) is 16.9 Å². The highest BCUT2D eigenvalue weighted by molar-refractivity contribution is 7.99. The average molecular weight is 360 g/mol. The Bertz CT molecular complexity index is 855. The number of carbonyl (C=O) groups is 1. The number of carboxylic acids is 1. The minimum absolute atomic E-state index is 0.0892. The number of aliphatic carboxylic acids is 1. The number of nitrogens with one attached hydrogen (secondary N) is 2. The summed E-state index contributed by atoms with van der Waals surface area (Å²) >= 11 is 1.53. The van der Waals surface area contributed by atoms with Crippen LogP contribution in [0.3, 0.4) is 0 Å². The second kappa shape index (κ2) is 7.20. The van der Waals surface area contributed by atoms with Crippen molar-refractivity contribution in [1.82, 2.24) is 9.71 Å². The van der Waals surface area contributed by atoms with Crippen LogP contribution in [0.25, 0.3) is 11.1 Å². The van der Waals surface area contributed by atoms with Crippen molar-refractivity contribution in [3.63, 3.8) is 0 Å². The number of benzene rings is 1. The molecule has 0 aliphatic heterocycles. The van der Waals surface area contributed by atoms with Gasteiger partial charge in [-0.2, -0.15) is 16.5 Å². The number of H-pyrrole nitrogens is 1. The van der Waals surface area contributed by atoms with Gasteiger partial charge >= 0.3 is 11.7 Å². The predicted molar refractivity (Wildman–Crippen MR) is 86.2 cm³/mol. The fraction of sp³-hybridized carbons (Fsp3) is 0.385. The van der Waals surface area contributed by atoms with Crippen molar-refractivity contribution in [2.75, 3.05) is 11.5 Å². The minimum atomic E-state index is -4.04. The standard InChI is InChI=1S/C13H16N2O6S2/c1-2-22-6-5-10(12(16)17)15-23(19,20)8-3-4-9-11(7-8)21-13(18)14-9/h3-4,7,10,15H,2,5-6H2,1H3,(H,14,18)(H,16,17). The molecule has 1 aromatic carbocycles. The Balaban J connectivity index is 2.23. The van der Waals surface area contributed by atoms with Crippen LogP contribution in [0, 0.1) is 0 Å². The van der Waals surface area contributed by atoms with Gasteiger partial charge in [0.2, 0.25) is 10.0 Å². The predicted octanol–water partition coefficient (Wildman–Crippen LogP) is 0.996. The lowest BCUT2D eigenvalue weighted by Crippen LogP contribution is -2.41. The maximum Gasteiger partial charge on any atom is 0.417 e. The Hall–Kier alpha value is -1.78.